The van der Waals surface area contributed by atoms with Crippen molar-refractivity contribution in [2.24, 2.45) is 0 Å². The van der Waals surface area contributed by atoms with E-state index in [4.69, 9.17) is 5.26 Å². The summed E-state index contributed by atoms with van der Waals surface area (Å²) in [7, 11) is 0. The maximum absolute atomic E-state index is 8.73. The molecule has 18 heavy (non-hydrogen) atoms. The molecule has 0 spiro atoms. The number of nitrogens with one attached hydrogen (secondary N) is 1. The first-order valence-corrected chi connectivity index (χ1v) is 6.79. The molecular formula is C15H16N2S. The van der Waals surface area contributed by atoms with Gasteiger partial charge in [-0.05, 0) is 43.7 Å². The Labute approximate surface area is 112 Å². The number of hydrogen-bond donors (Lipinski definition) is 1. The topological polar surface area (TPSA) is 35.8 Å². The molecular weight excluding hydrogens is 240 g/mol. The smallest absolute Gasteiger partial charge is 0.0991 e. The van der Waals surface area contributed by atoms with Crippen LogP contribution in [0.2, 0.25) is 0 Å². The fourth-order valence-corrected chi connectivity index (χ4v) is 2.66. The summed E-state index contributed by atoms with van der Waals surface area (Å²) in [5, 5.41) is 12.2. The molecule has 0 bridgehead atoms. The molecule has 1 aromatic heterocycles. The third kappa shape index (κ3) is 3.19. The van der Waals surface area contributed by atoms with Crippen molar-refractivity contribution in [3.05, 3.63) is 57.3 Å². The van der Waals surface area contributed by atoms with Gasteiger partial charge >= 0.3 is 0 Å². The van der Waals surface area contributed by atoms with E-state index in [2.05, 4.69) is 37.4 Å². The number of hydrogen-bond acceptors (Lipinski definition) is 3. The Morgan fingerprint density at radius 3 is 2.50 bits per heavy atom. The zero-order chi connectivity index (χ0) is 13.0. The van der Waals surface area contributed by atoms with Gasteiger partial charge in [-0.1, -0.05) is 12.1 Å². The fourth-order valence-electron chi connectivity index (χ4n) is 1.75. The predicted octanol–water partition coefficient (Wildman–Crippen LogP) is 3.78. The number of benzene rings is 1. The van der Waals surface area contributed by atoms with Crippen molar-refractivity contribution in [1.29, 1.82) is 5.26 Å². The summed E-state index contributed by atoms with van der Waals surface area (Å²) >= 11 is 1.83. The molecule has 92 valence electrons. The third-order valence-corrected chi connectivity index (χ3v) is 4.07. The Hall–Kier alpha value is -1.63. The van der Waals surface area contributed by atoms with Crippen LogP contribution < -0.4 is 5.32 Å². The highest BCUT2D eigenvalue weighted by Gasteiger charge is 2.06. The molecule has 0 saturated carbocycles. The quantitative estimate of drug-likeness (QED) is 0.903. The van der Waals surface area contributed by atoms with Gasteiger partial charge < -0.3 is 5.32 Å². The SMILES string of the molecule is Cc1ccc(C(C)NCc2ccc(C#N)cc2)s1. The molecule has 0 aliphatic heterocycles. The molecule has 1 aromatic carbocycles. The Balaban J connectivity index is 1.93. The first kappa shape index (κ1) is 12.8. The number of aryl methyl sites for hydroxylation is 1. The Kier molecular flexibility index (Phi) is 4.14. The van der Waals surface area contributed by atoms with Gasteiger partial charge in [-0.25, -0.2) is 0 Å². The summed E-state index contributed by atoms with van der Waals surface area (Å²) in [4.78, 5) is 2.71. The fraction of sp³-hybridized carbons (Fsp3) is 0.267. The summed E-state index contributed by atoms with van der Waals surface area (Å²) < 4.78 is 0. The van der Waals surface area contributed by atoms with Crippen LogP contribution in [0.15, 0.2) is 36.4 Å². The lowest BCUT2D eigenvalue weighted by molar-refractivity contribution is 0.583. The summed E-state index contributed by atoms with van der Waals surface area (Å²) in [6, 6.07) is 14.5. The van der Waals surface area contributed by atoms with Gasteiger partial charge in [0.2, 0.25) is 0 Å². The van der Waals surface area contributed by atoms with Crippen LogP contribution in [0, 0.1) is 18.3 Å². The zero-order valence-corrected chi connectivity index (χ0v) is 11.4. The second kappa shape index (κ2) is 5.81. The molecule has 1 atom stereocenters. The molecule has 0 amide bonds. The standard InChI is InChI=1S/C15H16N2S/c1-11-3-8-15(18-11)12(2)17-10-14-6-4-13(9-16)5-7-14/h3-8,12,17H,10H2,1-2H3. The van der Waals surface area contributed by atoms with E-state index in [1.54, 1.807) is 0 Å². The molecule has 0 radical (unpaired) electrons. The Morgan fingerprint density at radius 1 is 1.22 bits per heavy atom. The van der Waals surface area contributed by atoms with E-state index in [0.717, 1.165) is 6.54 Å². The van der Waals surface area contributed by atoms with E-state index in [0.29, 0.717) is 11.6 Å². The summed E-state index contributed by atoms with van der Waals surface area (Å²) in [5.74, 6) is 0. The second-order valence-corrected chi connectivity index (χ2v) is 5.68. The molecule has 0 fully saturated rings. The average Bonchev–Trinajstić information content (AvgIpc) is 2.83. The largest absolute Gasteiger partial charge is 0.305 e. The molecule has 2 nitrogen and oxygen atoms in total. The molecule has 1 unspecified atom stereocenters. The number of rotatable bonds is 4. The lowest BCUT2D eigenvalue weighted by Crippen LogP contribution is -2.17. The van der Waals surface area contributed by atoms with Gasteiger partial charge in [-0.15, -0.1) is 11.3 Å². The number of nitriles is 1. The van der Waals surface area contributed by atoms with Crippen LogP contribution in [0.4, 0.5) is 0 Å². The second-order valence-electron chi connectivity index (χ2n) is 4.36. The first-order chi connectivity index (χ1) is 8.69. The zero-order valence-electron chi connectivity index (χ0n) is 10.6. The van der Waals surface area contributed by atoms with Crippen LogP contribution in [0.1, 0.15) is 33.8 Å². The van der Waals surface area contributed by atoms with Crippen molar-refractivity contribution in [3.63, 3.8) is 0 Å². The highest BCUT2D eigenvalue weighted by Crippen LogP contribution is 2.22. The van der Waals surface area contributed by atoms with Crippen molar-refractivity contribution >= 4 is 11.3 Å². The van der Waals surface area contributed by atoms with Crippen molar-refractivity contribution in [3.8, 4) is 6.07 Å². The summed E-state index contributed by atoms with van der Waals surface area (Å²) in [6.07, 6.45) is 0. The van der Waals surface area contributed by atoms with E-state index in [1.807, 2.05) is 35.6 Å². The van der Waals surface area contributed by atoms with E-state index in [-0.39, 0.29) is 0 Å². The maximum atomic E-state index is 8.73. The molecule has 3 heteroatoms. The Bertz CT molecular complexity index is 549. The van der Waals surface area contributed by atoms with Crippen molar-refractivity contribution in [1.82, 2.24) is 5.32 Å². The summed E-state index contributed by atoms with van der Waals surface area (Å²) in [6.45, 7) is 5.13. The van der Waals surface area contributed by atoms with Gasteiger partial charge in [0.25, 0.3) is 0 Å². The van der Waals surface area contributed by atoms with Gasteiger partial charge in [0.15, 0.2) is 0 Å². The minimum Gasteiger partial charge on any atom is -0.305 e. The average molecular weight is 256 g/mol. The van der Waals surface area contributed by atoms with Crippen LogP contribution in [0.25, 0.3) is 0 Å². The summed E-state index contributed by atoms with van der Waals surface area (Å²) in [5.41, 5.74) is 1.91. The molecule has 1 heterocycles. The van der Waals surface area contributed by atoms with E-state index in [9.17, 15) is 0 Å². The van der Waals surface area contributed by atoms with Crippen LogP contribution in [0.5, 0.6) is 0 Å². The van der Waals surface area contributed by atoms with Gasteiger partial charge in [-0.2, -0.15) is 5.26 Å². The van der Waals surface area contributed by atoms with Crippen LogP contribution >= 0.6 is 11.3 Å². The van der Waals surface area contributed by atoms with Gasteiger partial charge in [0, 0.05) is 22.3 Å². The van der Waals surface area contributed by atoms with Crippen molar-refractivity contribution < 1.29 is 0 Å². The van der Waals surface area contributed by atoms with Crippen molar-refractivity contribution in [2.75, 3.05) is 0 Å². The highest BCUT2D eigenvalue weighted by atomic mass is 32.1. The van der Waals surface area contributed by atoms with Crippen LogP contribution in [-0.2, 0) is 6.54 Å². The number of nitrogens with zero attached hydrogens (tertiary/aromatic N) is 1. The molecule has 0 saturated heterocycles. The van der Waals surface area contributed by atoms with Gasteiger partial charge in [0.05, 0.1) is 11.6 Å². The van der Waals surface area contributed by atoms with E-state index >= 15 is 0 Å². The van der Waals surface area contributed by atoms with Gasteiger partial charge in [-0.3, -0.25) is 0 Å². The lowest BCUT2D eigenvalue weighted by Gasteiger charge is -2.12. The molecule has 1 N–H and O–H groups in total. The maximum Gasteiger partial charge on any atom is 0.0991 e. The van der Waals surface area contributed by atoms with E-state index in [1.165, 1.54) is 15.3 Å². The monoisotopic (exact) mass is 256 g/mol. The lowest BCUT2D eigenvalue weighted by atomic mass is 10.1. The third-order valence-electron chi connectivity index (χ3n) is 2.88. The first-order valence-electron chi connectivity index (χ1n) is 5.98. The number of thiophene rings is 1. The highest BCUT2D eigenvalue weighted by molar-refractivity contribution is 7.12. The minimum absolute atomic E-state index is 0.361. The van der Waals surface area contributed by atoms with Gasteiger partial charge in [0.1, 0.15) is 0 Å². The van der Waals surface area contributed by atoms with Crippen molar-refractivity contribution in [2.45, 2.75) is 26.4 Å². The molecule has 2 aromatic rings. The minimum atomic E-state index is 0.361. The molecule has 2 rings (SSSR count). The molecule has 0 aliphatic rings. The van der Waals surface area contributed by atoms with E-state index < -0.39 is 0 Å². The normalized spacial score (nSPS) is 12.1. The predicted molar refractivity (Wildman–Crippen MR) is 75.5 cm³/mol. The Morgan fingerprint density at radius 2 is 1.94 bits per heavy atom. The van der Waals surface area contributed by atoms with Crippen LogP contribution in [0.3, 0.4) is 0 Å². The van der Waals surface area contributed by atoms with Crippen LogP contribution in [-0.4, -0.2) is 0 Å². The molecule has 0 aliphatic carbocycles.